The first-order chi connectivity index (χ1) is 8.56. The van der Waals surface area contributed by atoms with E-state index in [0.29, 0.717) is 12.4 Å². The molecule has 0 radical (unpaired) electrons. The van der Waals surface area contributed by atoms with Crippen LogP contribution >= 0.6 is 0 Å². The molecule has 98 valence electrons. The molecule has 0 spiro atoms. The third kappa shape index (κ3) is 2.43. The summed E-state index contributed by atoms with van der Waals surface area (Å²) in [6.45, 7) is 3.43. The van der Waals surface area contributed by atoms with E-state index in [2.05, 4.69) is 10.2 Å². The maximum atomic E-state index is 11.2. The quantitative estimate of drug-likeness (QED) is 0.869. The molecule has 1 atom stereocenters. The Bertz CT molecular complexity index is 452. The summed E-state index contributed by atoms with van der Waals surface area (Å²) in [4.78, 5) is 13.1. The Hall–Kier alpha value is -1.69. The van der Waals surface area contributed by atoms with Crippen molar-refractivity contribution in [1.82, 2.24) is 10.2 Å². The van der Waals surface area contributed by atoms with Crippen LogP contribution in [0.15, 0.2) is 12.3 Å². The van der Waals surface area contributed by atoms with E-state index in [1.165, 1.54) is 12.3 Å². The molecule has 1 fully saturated rings. The van der Waals surface area contributed by atoms with Crippen molar-refractivity contribution in [3.63, 3.8) is 0 Å². The average Bonchev–Trinajstić information content (AvgIpc) is 2.39. The molecule has 2 rings (SSSR count). The summed E-state index contributed by atoms with van der Waals surface area (Å²) < 4.78 is 5.49. The Kier molecular flexibility index (Phi) is 3.47. The Morgan fingerprint density at radius 3 is 3.06 bits per heavy atom. The molecule has 2 heterocycles. The largest absolute Gasteiger partial charge is 0.478 e. The van der Waals surface area contributed by atoms with Crippen molar-refractivity contribution in [2.75, 3.05) is 25.1 Å². The predicted molar refractivity (Wildman–Crippen MR) is 65.9 cm³/mol. The highest BCUT2D eigenvalue weighted by Crippen LogP contribution is 2.28. The second-order valence-electron chi connectivity index (χ2n) is 4.75. The van der Waals surface area contributed by atoms with Crippen molar-refractivity contribution in [2.24, 2.45) is 0 Å². The standard InChI is InChI=1S/C12H17N3O3/c1-12(18-2)5-3-7-15(8-12)10-9(11(16)17)4-6-13-14-10/h4,6H,3,5,7-8H2,1-2H3,(H,16,17). The van der Waals surface area contributed by atoms with E-state index in [9.17, 15) is 4.79 Å². The Morgan fingerprint density at radius 2 is 2.39 bits per heavy atom. The molecule has 0 bridgehead atoms. The monoisotopic (exact) mass is 251 g/mol. The number of carbonyl (C=O) groups is 1. The van der Waals surface area contributed by atoms with Crippen molar-refractivity contribution in [3.05, 3.63) is 17.8 Å². The van der Waals surface area contributed by atoms with Crippen LogP contribution in [-0.4, -0.2) is 47.1 Å². The van der Waals surface area contributed by atoms with E-state index in [1.807, 2.05) is 11.8 Å². The van der Waals surface area contributed by atoms with Crippen LogP contribution < -0.4 is 4.90 Å². The molecular weight excluding hydrogens is 234 g/mol. The number of aromatic carboxylic acids is 1. The van der Waals surface area contributed by atoms with Crippen LogP contribution in [0.5, 0.6) is 0 Å². The van der Waals surface area contributed by atoms with Gasteiger partial charge in [0.25, 0.3) is 0 Å². The number of ether oxygens (including phenoxy) is 1. The molecule has 0 aliphatic carbocycles. The van der Waals surface area contributed by atoms with E-state index in [0.717, 1.165) is 19.4 Å². The number of piperidine rings is 1. The fourth-order valence-corrected chi connectivity index (χ4v) is 2.28. The summed E-state index contributed by atoms with van der Waals surface area (Å²) in [5, 5.41) is 16.9. The molecule has 1 saturated heterocycles. The van der Waals surface area contributed by atoms with Gasteiger partial charge in [0.1, 0.15) is 5.56 Å². The van der Waals surface area contributed by atoms with Crippen molar-refractivity contribution in [1.29, 1.82) is 0 Å². The van der Waals surface area contributed by atoms with E-state index in [1.54, 1.807) is 7.11 Å². The highest BCUT2D eigenvalue weighted by atomic mass is 16.5. The SMILES string of the molecule is COC1(C)CCCN(c2nnccc2C(=O)O)C1. The molecule has 1 aliphatic rings. The normalized spacial score (nSPS) is 24.0. The molecule has 6 nitrogen and oxygen atoms in total. The molecule has 18 heavy (non-hydrogen) atoms. The lowest BCUT2D eigenvalue weighted by Crippen LogP contribution is -2.48. The number of methoxy groups -OCH3 is 1. The number of nitrogens with zero attached hydrogens (tertiary/aromatic N) is 3. The summed E-state index contributed by atoms with van der Waals surface area (Å²) >= 11 is 0. The first kappa shape index (κ1) is 12.8. The van der Waals surface area contributed by atoms with Gasteiger partial charge in [0.05, 0.1) is 11.8 Å². The zero-order valence-electron chi connectivity index (χ0n) is 10.6. The fraction of sp³-hybridized carbons (Fsp3) is 0.583. The lowest BCUT2D eigenvalue weighted by molar-refractivity contribution is -0.00492. The minimum atomic E-state index is -0.982. The molecular formula is C12H17N3O3. The van der Waals surface area contributed by atoms with Crippen molar-refractivity contribution >= 4 is 11.8 Å². The summed E-state index contributed by atoms with van der Waals surface area (Å²) in [5.74, 6) is -0.558. The van der Waals surface area contributed by atoms with Gasteiger partial charge < -0.3 is 14.7 Å². The lowest BCUT2D eigenvalue weighted by atomic mass is 9.94. The number of rotatable bonds is 3. The van der Waals surface area contributed by atoms with Crippen LogP contribution in [0.1, 0.15) is 30.1 Å². The van der Waals surface area contributed by atoms with Crippen LogP contribution in [0.25, 0.3) is 0 Å². The topological polar surface area (TPSA) is 75.5 Å². The van der Waals surface area contributed by atoms with Crippen LogP contribution in [-0.2, 0) is 4.74 Å². The number of anilines is 1. The Labute approximate surface area is 106 Å². The van der Waals surface area contributed by atoms with Gasteiger partial charge in [-0.25, -0.2) is 4.79 Å². The maximum absolute atomic E-state index is 11.2. The van der Waals surface area contributed by atoms with Crippen LogP contribution in [0.4, 0.5) is 5.82 Å². The van der Waals surface area contributed by atoms with Gasteiger partial charge in [-0.15, -0.1) is 5.10 Å². The van der Waals surface area contributed by atoms with Crippen molar-refractivity contribution < 1.29 is 14.6 Å². The third-order valence-electron chi connectivity index (χ3n) is 3.38. The maximum Gasteiger partial charge on any atom is 0.339 e. The summed E-state index contributed by atoms with van der Waals surface area (Å²) in [6, 6.07) is 1.48. The number of carboxylic acid groups (broad SMARTS) is 1. The first-order valence-corrected chi connectivity index (χ1v) is 5.91. The van der Waals surface area contributed by atoms with Gasteiger partial charge in [0, 0.05) is 20.2 Å². The highest BCUT2D eigenvalue weighted by Gasteiger charge is 2.33. The number of aromatic nitrogens is 2. The van der Waals surface area contributed by atoms with E-state index in [4.69, 9.17) is 9.84 Å². The van der Waals surface area contributed by atoms with Gasteiger partial charge in [-0.2, -0.15) is 5.10 Å². The lowest BCUT2D eigenvalue weighted by Gasteiger charge is -2.40. The van der Waals surface area contributed by atoms with Gasteiger partial charge in [-0.3, -0.25) is 0 Å². The fourth-order valence-electron chi connectivity index (χ4n) is 2.28. The number of carboxylic acids is 1. The van der Waals surface area contributed by atoms with E-state index >= 15 is 0 Å². The summed E-state index contributed by atoms with van der Waals surface area (Å²) in [5.41, 5.74) is -0.0729. The zero-order valence-corrected chi connectivity index (χ0v) is 10.6. The molecule has 0 aromatic carbocycles. The third-order valence-corrected chi connectivity index (χ3v) is 3.38. The Morgan fingerprint density at radius 1 is 1.61 bits per heavy atom. The molecule has 1 aliphatic heterocycles. The molecule has 0 saturated carbocycles. The van der Waals surface area contributed by atoms with Crippen molar-refractivity contribution in [2.45, 2.75) is 25.4 Å². The highest BCUT2D eigenvalue weighted by molar-refractivity contribution is 5.93. The molecule has 6 heteroatoms. The van der Waals surface area contributed by atoms with E-state index < -0.39 is 5.97 Å². The molecule has 1 aromatic rings. The van der Waals surface area contributed by atoms with Crippen LogP contribution in [0.3, 0.4) is 0 Å². The minimum absolute atomic E-state index is 0.186. The van der Waals surface area contributed by atoms with Crippen LogP contribution in [0.2, 0.25) is 0 Å². The minimum Gasteiger partial charge on any atom is -0.478 e. The van der Waals surface area contributed by atoms with Crippen molar-refractivity contribution in [3.8, 4) is 0 Å². The average molecular weight is 251 g/mol. The Balaban J connectivity index is 2.29. The zero-order chi connectivity index (χ0) is 13.2. The van der Waals surface area contributed by atoms with Crippen LogP contribution in [0, 0.1) is 0 Å². The number of hydrogen-bond donors (Lipinski definition) is 1. The molecule has 1 aromatic heterocycles. The second kappa shape index (κ2) is 4.89. The first-order valence-electron chi connectivity index (χ1n) is 5.91. The van der Waals surface area contributed by atoms with Gasteiger partial charge in [-0.05, 0) is 25.8 Å². The second-order valence-corrected chi connectivity index (χ2v) is 4.75. The smallest absolute Gasteiger partial charge is 0.339 e. The summed E-state index contributed by atoms with van der Waals surface area (Å²) in [7, 11) is 1.68. The molecule has 1 N–H and O–H groups in total. The molecule has 1 unspecified atom stereocenters. The molecule has 0 amide bonds. The van der Waals surface area contributed by atoms with Gasteiger partial charge in [-0.1, -0.05) is 0 Å². The van der Waals surface area contributed by atoms with Gasteiger partial charge in [0.2, 0.25) is 0 Å². The van der Waals surface area contributed by atoms with E-state index in [-0.39, 0.29) is 11.2 Å². The summed E-state index contributed by atoms with van der Waals surface area (Å²) in [6.07, 6.45) is 3.30. The predicted octanol–water partition coefficient (Wildman–Crippen LogP) is 1.18. The van der Waals surface area contributed by atoms with Gasteiger partial charge >= 0.3 is 5.97 Å². The van der Waals surface area contributed by atoms with Gasteiger partial charge in [0.15, 0.2) is 5.82 Å². The number of hydrogen-bond acceptors (Lipinski definition) is 5.